The van der Waals surface area contributed by atoms with Crippen molar-refractivity contribution in [1.82, 2.24) is 5.32 Å². The molecule has 1 amide bonds. The van der Waals surface area contributed by atoms with Gasteiger partial charge < -0.3 is 5.32 Å². The zero-order chi connectivity index (χ0) is 14.3. The number of rotatable bonds is 7. The fraction of sp³-hybridized carbons (Fsp3) is 0.429. The third-order valence-corrected chi connectivity index (χ3v) is 3.28. The van der Waals surface area contributed by atoms with Crippen molar-refractivity contribution in [3.8, 4) is 0 Å². The number of benzene rings is 1. The first-order chi connectivity index (χ1) is 8.99. The largest absolute Gasteiger partial charge is 0.353 e. The SMILES string of the molecule is CC(C)NC(=O)CSCC(=O)Cc1ccccc1F. The average Bonchev–Trinajstić information content (AvgIpc) is 2.31. The second kappa shape index (κ2) is 7.94. The number of nitrogens with one attached hydrogen (secondary N) is 1. The van der Waals surface area contributed by atoms with E-state index in [-0.39, 0.29) is 41.5 Å². The van der Waals surface area contributed by atoms with E-state index < -0.39 is 0 Å². The molecule has 3 nitrogen and oxygen atoms in total. The van der Waals surface area contributed by atoms with Gasteiger partial charge in [-0.05, 0) is 25.5 Å². The Kier molecular flexibility index (Phi) is 6.56. The van der Waals surface area contributed by atoms with Gasteiger partial charge in [0.25, 0.3) is 0 Å². The first-order valence-corrected chi connectivity index (χ1v) is 7.26. The molecule has 5 heteroatoms. The van der Waals surface area contributed by atoms with Gasteiger partial charge in [0, 0.05) is 12.5 Å². The smallest absolute Gasteiger partial charge is 0.230 e. The van der Waals surface area contributed by atoms with Crippen molar-refractivity contribution in [2.75, 3.05) is 11.5 Å². The molecule has 0 bridgehead atoms. The van der Waals surface area contributed by atoms with Crippen LogP contribution < -0.4 is 5.32 Å². The number of hydrogen-bond acceptors (Lipinski definition) is 3. The fourth-order valence-corrected chi connectivity index (χ4v) is 2.23. The molecule has 1 rings (SSSR count). The lowest BCUT2D eigenvalue weighted by atomic mass is 10.1. The Bertz CT molecular complexity index is 449. The van der Waals surface area contributed by atoms with Crippen LogP contribution in [0.4, 0.5) is 4.39 Å². The Balaban J connectivity index is 2.29. The molecule has 104 valence electrons. The summed E-state index contributed by atoms with van der Waals surface area (Å²) in [5.41, 5.74) is 0.403. The van der Waals surface area contributed by atoms with Crippen molar-refractivity contribution in [3.63, 3.8) is 0 Å². The van der Waals surface area contributed by atoms with E-state index >= 15 is 0 Å². The molecule has 0 saturated carbocycles. The van der Waals surface area contributed by atoms with Crippen LogP contribution in [-0.2, 0) is 16.0 Å². The molecule has 0 saturated heterocycles. The highest BCUT2D eigenvalue weighted by molar-refractivity contribution is 8.00. The molecule has 0 atom stereocenters. The van der Waals surface area contributed by atoms with E-state index in [1.807, 2.05) is 13.8 Å². The maximum atomic E-state index is 13.3. The highest BCUT2D eigenvalue weighted by atomic mass is 32.2. The lowest BCUT2D eigenvalue weighted by molar-refractivity contribution is -0.119. The first kappa shape index (κ1) is 15.7. The lowest BCUT2D eigenvalue weighted by Gasteiger charge is -2.07. The molecule has 0 aliphatic rings. The lowest BCUT2D eigenvalue weighted by Crippen LogP contribution is -2.31. The molecule has 1 aromatic rings. The van der Waals surface area contributed by atoms with Crippen LogP contribution in [0.2, 0.25) is 0 Å². The minimum atomic E-state index is -0.363. The van der Waals surface area contributed by atoms with Crippen molar-refractivity contribution in [3.05, 3.63) is 35.6 Å². The van der Waals surface area contributed by atoms with E-state index in [0.29, 0.717) is 5.56 Å². The predicted molar refractivity (Wildman–Crippen MR) is 75.7 cm³/mol. The molecule has 0 aliphatic heterocycles. The molecule has 19 heavy (non-hydrogen) atoms. The molecule has 0 fully saturated rings. The summed E-state index contributed by atoms with van der Waals surface area (Å²) in [6, 6.07) is 6.33. The summed E-state index contributed by atoms with van der Waals surface area (Å²) in [4.78, 5) is 23.0. The summed E-state index contributed by atoms with van der Waals surface area (Å²) in [6.45, 7) is 3.76. The van der Waals surface area contributed by atoms with Crippen molar-refractivity contribution in [1.29, 1.82) is 0 Å². The fourth-order valence-electron chi connectivity index (χ4n) is 1.53. The maximum absolute atomic E-state index is 13.3. The summed E-state index contributed by atoms with van der Waals surface area (Å²) < 4.78 is 13.3. The van der Waals surface area contributed by atoms with Crippen LogP contribution >= 0.6 is 11.8 Å². The standard InChI is InChI=1S/C14H18FNO2S/c1-10(2)16-14(18)9-19-8-12(17)7-11-5-3-4-6-13(11)15/h3-6,10H,7-9H2,1-2H3,(H,16,18). The van der Waals surface area contributed by atoms with Gasteiger partial charge in [0.15, 0.2) is 0 Å². The summed E-state index contributed by atoms with van der Waals surface area (Å²) >= 11 is 1.25. The number of halogens is 1. The number of ketones is 1. The predicted octanol–water partition coefficient (Wildman–Crippen LogP) is 2.20. The zero-order valence-electron chi connectivity index (χ0n) is 11.1. The van der Waals surface area contributed by atoms with E-state index in [9.17, 15) is 14.0 Å². The zero-order valence-corrected chi connectivity index (χ0v) is 11.9. The molecule has 1 aromatic carbocycles. The van der Waals surface area contributed by atoms with Crippen LogP contribution in [0, 0.1) is 5.82 Å². The number of hydrogen-bond donors (Lipinski definition) is 1. The summed E-state index contributed by atoms with van der Waals surface area (Å²) in [7, 11) is 0. The molecular weight excluding hydrogens is 265 g/mol. The number of thioether (sulfide) groups is 1. The third-order valence-electron chi connectivity index (χ3n) is 2.29. The highest BCUT2D eigenvalue weighted by Crippen LogP contribution is 2.09. The Hall–Kier alpha value is -1.36. The Morgan fingerprint density at radius 1 is 1.26 bits per heavy atom. The van der Waals surface area contributed by atoms with E-state index in [0.717, 1.165) is 0 Å². The minimum absolute atomic E-state index is 0.0749. The first-order valence-electron chi connectivity index (χ1n) is 6.11. The van der Waals surface area contributed by atoms with Gasteiger partial charge in [0.1, 0.15) is 11.6 Å². The van der Waals surface area contributed by atoms with E-state index in [4.69, 9.17) is 0 Å². The monoisotopic (exact) mass is 283 g/mol. The van der Waals surface area contributed by atoms with E-state index in [1.54, 1.807) is 18.2 Å². The number of carbonyl (C=O) groups excluding carboxylic acids is 2. The van der Waals surface area contributed by atoms with Gasteiger partial charge in [0.05, 0.1) is 11.5 Å². The van der Waals surface area contributed by atoms with Crippen molar-refractivity contribution in [2.24, 2.45) is 0 Å². The molecule has 0 heterocycles. The third kappa shape index (κ3) is 6.38. The van der Waals surface area contributed by atoms with Crippen LogP contribution in [-0.4, -0.2) is 29.2 Å². The second-order valence-corrected chi connectivity index (χ2v) is 5.51. The molecule has 1 N–H and O–H groups in total. The van der Waals surface area contributed by atoms with Crippen LogP contribution in [0.5, 0.6) is 0 Å². The molecular formula is C14H18FNO2S. The van der Waals surface area contributed by atoms with Gasteiger partial charge in [-0.3, -0.25) is 9.59 Å². The molecule has 0 unspecified atom stereocenters. The van der Waals surface area contributed by atoms with Gasteiger partial charge in [-0.15, -0.1) is 11.8 Å². The quantitative estimate of drug-likeness (QED) is 0.834. The Labute approximate surface area is 117 Å². The van der Waals surface area contributed by atoms with Crippen LogP contribution in [0.1, 0.15) is 19.4 Å². The second-order valence-electron chi connectivity index (χ2n) is 4.52. The number of carbonyl (C=O) groups is 2. The highest BCUT2D eigenvalue weighted by Gasteiger charge is 2.09. The number of amides is 1. The van der Waals surface area contributed by atoms with E-state index in [2.05, 4.69) is 5.32 Å². The average molecular weight is 283 g/mol. The maximum Gasteiger partial charge on any atom is 0.230 e. The Morgan fingerprint density at radius 3 is 2.58 bits per heavy atom. The van der Waals surface area contributed by atoms with Crippen LogP contribution in [0.15, 0.2) is 24.3 Å². The normalized spacial score (nSPS) is 10.5. The van der Waals surface area contributed by atoms with Gasteiger partial charge >= 0.3 is 0 Å². The molecule has 0 aliphatic carbocycles. The minimum Gasteiger partial charge on any atom is -0.353 e. The molecule has 0 spiro atoms. The van der Waals surface area contributed by atoms with Gasteiger partial charge in [-0.2, -0.15) is 0 Å². The summed E-state index contributed by atoms with van der Waals surface area (Å²) in [5, 5.41) is 2.74. The Morgan fingerprint density at radius 2 is 1.95 bits per heavy atom. The van der Waals surface area contributed by atoms with Crippen LogP contribution in [0.3, 0.4) is 0 Å². The molecule has 0 aromatic heterocycles. The van der Waals surface area contributed by atoms with Gasteiger partial charge in [0.2, 0.25) is 5.91 Å². The summed E-state index contributed by atoms with van der Waals surface area (Å²) in [5.74, 6) is -0.0503. The van der Waals surface area contributed by atoms with Crippen molar-refractivity contribution < 1.29 is 14.0 Å². The van der Waals surface area contributed by atoms with Crippen molar-refractivity contribution in [2.45, 2.75) is 26.3 Å². The van der Waals surface area contributed by atoms with Crippen LogP contribution in [0.25, 0.3) is 0 Å². The van der Waals surface area contributed by atoms with Crippen molar-refractivity contribution >= 4 is 23.5 Å². The summed E-state index contributed by atoms with van der Waals surface area (Å²) in [6.07, 6.45) is 0.0749. The number of Topliss-reactive ketones (excluding diaryl/α,β-unsaturated/α-hetero) is 1. The van der Waals surface area contributed by atoms with Gasteiger partial charge in [-0.25, -0.2) is 4.39 Å². The molecule has 0 radical (unpaired) electrons. The van der Waals surface area contributed by atoms with Gasteiger partial charge in [-0.1, -0.05) is 18.2 Å². The van der Waals surface area contributed by atoms with E-state index in [1.165, 1.54) is 17.8 Å². The topological polar surface area (TPSA) is 46.2 Å².